The fourth-order valence-corrected chi connectivity index (χ4v) is 2.41. The third-order valence-electron chi connectivity index (χ3n) is 2.54. The van der Waals surface area contributed by atoms with E-state index >= 15 is 0 Å². The van der Waals surface area contributed by atoms with Crippen molar-refractivity contribution < 1.29 is 4.52 Å². The van der Waals surface area contributed by atoms with E-state index < -0.39 is 0 Å². The average Bonchev–Trinajstić information content (AvgIpc) is 2.66. The van der Waals surface area contributed by atoms with Crippen LogP contribution in [0.15, 0.2) is 4.52 Å². The zero-order valence-corrected chi connectivity index (χ0v) is 12.0. The minimum atomic E-state index is 0.173. The number of thioether (sulfide) groups is 1. The van der Waals surface area contributed by atoms with Crippen LogP contribution in [-0.4, -0.2) is 22.4 Å². The van der Waals surface area contributed by atoms with Crippen LogP contribution >= 0.6 is 11.8 Å². The van der Waals surface area contributed by atoms with Crippen molar-refractivity contribution in [3.63, 3.8) is 0 Å². The van der Waals surface area contributed by atoms with Crippen LogP contribution in [0.4, 0.5) is 0 Å². The summed E-state index contributed by atoms with van der Waals surface area (Å²) in [7, 11) is 0. The Labute approximate surface area is 108 Å². The number of rotatable bonds is 7. The summed E-state index contributed by atoms with van der Waals surface area (Å²) in [6, 6.07) is 0. The van der Waals surface area contributed by atoms with E-state index in [4.69, 9.17) is 10.3 Å². The molecular weight excluding hydrogens is 234 g/mol. The van der Waals surface area contributed by atoms with Crippen molar-refractivity contribution in [1.82, 2.24) is 10.1 Å². The second-order valence-corrected chi connectivity index (χ2v) is 6.07. The van der Waals surface area contributed by atoms with Crippen molar-refractivity contribution in [2.24, 2.45) is 17.6 Å². The lowest BCUT2D eigenvalue weighted by Gasteiger charge is -2.13. The maximum Gasteiger partial charge on any atom is 0.231 e. The molecule has 0 fully saturated rings. The summed E-state index contributed by atoms with van der Waals surface area (Å²) in [4.78, 5) is 4.42. The predicted octanol–water partition coefficient (Wildman–Crippen LogP) is 2.66. The van der Waals surface area contributed by atoms with Crippen LogP contribution in [0.1, 0.15) is 45.3 Å². The number of hydrogen-bond donors (Lipinski definition) is 1. The fraction of sp³-hybridized carbons (Fsp3) is 0.833. The smallest absolute Gasteiger partial charge is 0.231 e. The zero-order valence-electron chi connectivity index (χ0n) is 11.1. The van der Waals surface area contributed by atoms with Gasteiger partial charge in [0.15, 0.2) is 5.82 Å². The summed E-state index contributed by atoms with van der Waals surface area (Å²) in [5.41, 5.74) is 5.72. The minimum Gasteiger partial charge on any atom is -0.339 e. The highest BCUT2D eigenvalue weighted by Crippen LogP contribution is 2.22. The molecule has 0 aliphatic heterocycles. The van der Waals surface area contributed by atoms with Gasteiger partial charge in [0.25, 0.3) is 0 Å². The summed E-state index contributed by atoms with van der Waals surface area (Å²) < 4.78 is 5.28. The Morgan fingerprint density at radius 1 is 1.29 bits per heavy atom. The monoisotopic (exact) mass is 257 g/mol. The molecule has 2 N–H and O–H groups in total. The van der Waals surface area contributed by atoms with Crippen molar-refractivity contribution in [2.75, 3.05) is 12.3 Å². The standard InChI is InChI=1S/C12H23N3OS/c1-8(2)6-17-7-11-14-12(16-15-11)10(5-13)9(3)4/h8-10H,5-7,13H2,1-4H3. The second kappa shape index (κ2) is 7.01. The zero-order chi connectivity index (χ0) is 12.8. The molecule has 0 aliphatic rings. The van der Waals surface area contributed by atoms with Crippen LogP contribution in [-0.2, 0) is 5.75 Å². The van der Waals surface area contributed by atoms with Gasteiger partial charge in [0.05, 0.1) is 11.7 Å². The Balaban J connectivity index is 2.52. The van der Waals surface area contributed by atoms with Crippen LogP contribution < -0.4 is 5.73 Å². The normalized spacial score (nSPS) is 13.6. The molecule has 0 aromatic carbocycles. The molecule has 98 valence electrons. The maximum absolute atomic E-state index is 5.72. The lowest BCUT2D eigenvalue weighted by molar-refractivity contribution is 0.322. The van der Waals surface area contributed by atoms with E-state index in [9.17, 15) is 0 Å². The molecule has 5 heteroatoms. The van der Waals surface area contributed by atoms with Gasteiger partial charge in [-0.05, 0) is 17.6 Å². The minimum absolute atomic E-state index is 0.173. The van der Waals surface area contributed by atoms with Gasteiger partial charge in [0.1, 0.15) is 0 Å². The number of nitrogens with zero attached hydrogens (tertiary/aromatic N) is 2. The van der Waals surface area contributed by atoms with Crippen LogP contribution in [0.2, 0.25) is 0 Å². The number of nitrogens with two attached hydrogens (primary N) is 1. The molecule has 1 unspecified atom stereocenters. The third-order valence-corrected chi connectivity index (χ3v) is 3.91. The first-order valence-electron chi connectivity index (χ1n) is 6.14. The van der Waals surface area contributed by atoms with Crippen LogP contribution in [0, 0.1) is 11.8 Å². The first kappa shape index (κ1) is 14.5. The molecule has 0 spiro atoms. The van der Waals surface area contributed by atoms with E-state index in [-0.39, 0.29) is 5.92 Å². The van der Waals surface area contributed by atoms with E-state index in [1.165, 1.54) is 0 Å². The van der Waals surface area contributed by atoms with Crippen LogP contribution in [0.25, 0.3) is 0 Å². The lowest BCUT2D eigenvalue weighted by Crippen LogP contribution is -2.18. The van der Waals surface area contributed by atoms with Gasteiger partial charge >= 0.3 is 0 Å². The molecule has 17 heavy (non-hydrogen) atoms. The van der Waals surface area contributed by atoms with Crippen molar-refractivity contribution in [3.05, 3.63) is 11.7 Å². The molecule has 0 aliphatic carbocycles. The van der Waals surface area contributed by atoms with Crippen molar-refractivity contribution in [3.8, 4) is 0 Å². The van der Waals surface area contributed by atoms with Crippen molar-refractivity contribution in [2.45, 2.75) is 39.4 Å². The first-order chi connectivity index (χ1) is 8.04. The van der Waals surface area contributed by atoms with Gasteiger partial charge in [-0.3, -0.25) is 0 Å². The molecule has 1 heterocycles. The molecule has 1 rings (SSSR count). The van der Waals surface area contributed by atoms with Gasteiger partial charge in [0.2, 0.25) is 5.89 Å². The summed E-state index contributed by atoms with van der Waals surface area (Å²) in [6.45, 7) is 9.21. The molecule has 1 aromatic rings. The highest BCUT2D eigenvalue weighted by atomic mass is 32.2. The van der Waals surface area contributed by atoms with Gasteiger partial charge in [-0.25, -0.2) is 0 Å². The van der Waals surface area contributed by atoms with Crippen LogP contribution in [0.3, 0.4) is 0 Å². The van der Waals surface area contributed by atoms with E-state index in [0.717, 1.165) is 17.3 Å². The highest BCUT2D eigenvalue weighted by molar-refractivity contribution is 7.98. The van der Waals surface area contributed by atoms with Crippen molar-refractivity contribution in [1.29, 1.82) is 0 Å². The number of hydrogen-bond acceptors (Lipinski definition) is 5. The highest BCUT2D eigenvalue weighted by Gasteiger charge is 2.20. The van der Waals surface area contributed by atoms with Gasteiger partial charge in [-0.15, -0.1) is 0 Å². The Bertz CT molecular complexity index is 325. The Morgan fingerprint density at radius 2 is 2.00 bits per heavy atom. The molecule has 1 atom stereocenters. The average molecular weight is 257 g/mol. The molecule has 0 amide bonds. The molecule has 0 saturated heterocycles. The first-order valence-corrected chi connectivity index (χ1v) is 7.30. The SMILES string of the molecule is CC(C)CSCc1noc(C(CN)C(C)C)n1. The molecule has 4 nitrogen and oxygen atoms in total. The second-order valence-electron chi connectivity index (χ2n) is 5.04. The van der Waals surface area contributed by atoms with E-state index in [1.807, 2.05) is 11.8 Å². The van der Waals surface area contributed by atoms with Crippen molar-refractivity contribution >= 4 is 11.8 Å². The van der Waals surface area contributed by atoms with Gasteiger partial charge in [-0.2, -0.15) is 16.7 Å². The van der Waals surface area contributed by atoms with Gasteiger partial charge < -0.3 is 10.3 Å². The lowest BCUT2D eigenvalue weighted by atomic mass is 9.96. The number of aromatic nitrogens is 2. The Morgan fingerprint density at radius 3 is 2.53 bits per heavy atom. The quantitative estimate of drug-likeness (QED) is 0.813. The Hall–Kier alpha value is -0.550. The largest absolute Gasteiger partial charge is 0.339 e. The summed E-state index contributed by atoms with van der Waals surface area (Å²) >= 11 is 1.84. The molecule has 0 bridgehead atoms. The Kier molecular flexibility index (Phi) is 5.98. The molecule has 0 radical (unpaired) electrons. The molecule has 0 saturated carbocycles. The van der Waals surface area contributed by atoms with E-state index in [2.05, 4.69) is 37.8 Å². The molecular formula is C12H23N3OS. The summed E-state index contributed by atoms with van der Waals surface area (Å²) in [5, 5.41) is 4.00. The summed E-state index contributed by atoms with van der Waals surface area (Å²) in [5.74, 6) is 4.69. The predicted molar refractivity (Wildman–Crippen MR) is 71.9 cm³/mol. The van der Waals surface area contributed by atoms with E-state index in [1.54, 1.807) is 0 Å². The van der Waals surface area contributed by atoms with Crippen LogP contribution in [0.5, 0.6) is 0 Å². The van der Waals surface area contributed by atoms with Gasteiger partial charge in [0, 0.05) is 6.54 Å². The van der Waals surface area contributed by atoms with Gasteiger partial charge in [-0.1, -0.05) is 32.9 Å². The fourth-order valence-electron chi connectivity index (χ4n) is 1.52. The molecule has 1 aromatic heterocycles. The van der Waals surface area contributed by atoms with E-state index in [0.29, 0.717) is 24.3 Å². The summed E-state index contributed by atoms with van der Waals surface area (Å²) in [6.07, 6.45) is 0. The third kappa shape index (κ3) is 4.68. The maximum atomic E-state index is 5.72. The topological polar surface area (TPSA) is 64.9 Å².